The fourth-order valence-electron chi connectivity index (χ4n) is 5.06. The lowest BCUT2D eigenvalue weighted by molar-refractivity contribution is -0.136. The number of hydrogen-bond acceptors (Lipinski definition) is 4. The van der Waals surface area contributed by atoms with Crippen LogP contribution in [-0.4, -0.2) is 44.5 Å². The fraction of sp³-hybridized carbons (Fsp3) is 0.300. The van der Waals surface area contributed by atoms with Gasteiger partial charge in [-0.15, -0.1) is 0 Å². The van der Waals surface area contributed by atoms with Crippen LogP contribution in [0.5, 0.6) is 0 Å². The predicted molar refractivity (Wildman–Crippen MR) is 148 cm³/mol. The fourth-order valence-corrected chi connectivity index (χ4v) is 5.89. The molecule has 6 nitrogen and oxygen atoms in total. The molecule has 0 aliphatic carbocycles. The van der Waals surface area contributed by atoms with Gasteiger partial charge in [-0.2, -0.15) is 0 Å². The minimum absolute atomic E-state index is 0.207. The molecule has 37 heavy (non-hydrogen) atoms. The number of thioether (sulfide) groups is 1. The number of carbonyl (C=O) groups excluding carboxylic acids is 3. The highest BCUT2D eigenvalue weighted by Crippen LogP contribution is 2.34. The van der Waals surface area contributed by atoms with Crippen LogP contribution in [0.15, 0.2) is 59.5 Å². The molecule has 0 saturated carbocycles. The zero-order valence-corrected chi connectivity index (χ0v) is 22.5. The van der Waals surface area contributed by atoms with Crippen molar-refractivity contribution >= 4 is 34.9 Å². The molecule has 7 heteroatoms. The Morgan fingerprint density at radius 2 is 1.73 bits per heavy atom. The van der Waals surface area contributed by atoms with Gasteiger partial charge in [-0.25, -0.2) is 0 Å². The number of hydrogen-bond donors (Lipinski definition) is 0. The molecule has 0 N–H and O–H groups in total. The lowest BCUT2D eigenvalue weighted by Crippen LogP contribution is -2.44. The second-order valence-electron chi connectivity index (χ2n) is 10.0. The van der Waals surface area contributed by atoms with Crippen molar-refractivity contribution in [3.63, 3.8) is 0 Å². The summed E-state index contributed by atoms with van der Waals surface area (Å²) in [5.74, 6) is -0.155. The van der Waals surface area contributed by atoms with Crippen LogP contribution in [0.1, 0.15) is 53.4 Å². The number of carbonyl (C=O) groups is 3. The summed E-state index contributed by atoms with van der Waals surface area (Å²) in [6, 6.07) is 18.6. The monoisotopic (exact) mass is 513 g/mol. The molecule has 2 aliphatic heterocycles. The third-order valence-electron chi connectivity index (χ3n) is 7.23. The van der Waals surface area contributed by atoms with E-state index < -0.39 is 11.1 Å². The van der Waals surface area contributed by atoms with Crippen LogP contribution in [0, 0.1) is 13.8 Å². The number of rotatable bonds is 5. The zero-order chi connectivity index (χ0) is 26.3. The molecule has 0 unspecified atom stereocenters. The van der Waals surface area contributed by atoms with Crippen molar-refractivity contribution in [2.45, 2.75) is 46.6 Å². The first-order valence-electron chi connectivity index (χ1n) is 12.6. The van der Waals surface area contributed by atoms with Gasteiger partial charge in [0.05, 0.1) is 4.91 Å². The number of aromatic nitrogens is 1. The molecular weight excluding hydrogens is 482 g/mol. The molecule has 3 heterocycles. The van der Waals surface area contributed by atoms with Crippen LogP contribution in [0.3, 0.4) is 0 Å². The van der Waals surface area contributed by atoms with E-state index in [2.05, 4.69) is 48.7 Å². The molecule has 3 amide bonds. The van der Waals surface area contributed by atoms with Gasteiger partial charge in [-0.05, 0) is 84.5 Å². The molecule has 1 fully saturated rings. The molecule has 190 valence electrons. The quantitative estimate of drug-likeness (QED) is 0.402. The average molecular weight is 514 g/mol. The lowest BCUT2D eigenvalue weighted by Gasteiger charge is -2.29. The maximum Gasteiger partial charge on any atom is 0.294 e. The Bertz CT molecular complexity index is 1420. The Labute approximate surface area is 221 Å². The first-order valence-corrected chi connectivity index (χ1v) is 13.4. The van der Waals surface area contributed by atoms with E-state index in [0.29, 0.717) is 23.9 Å². The van der Waals surface area contributed by atoms with Crippen molar-refractivity contribution in [2.75, 3.05) is 13.1 Å². The number of fused-ring (bicyclic) bond motifs is 1. The van der Waals surface area contributed by atoms with E-state index in [1.165, 1.54) is 11.1 Å². The Morgan fingerprint density at radius 1 is 1.03 bits per heavy atom. The number of benzene rings is 2. The molecule has 0 atom stereocenters. The van der Waals surface area contributed by atoms with Gasteiger partial charge in [0.1, 0.15) is 6.54 Å². The first-order chi connectivity index (χ1) is 17.7. The largest absolute Gasteiger partial charge is 0.336 e. The van der Waals surface area contributed by atoms with E-state index in [1.54, 1.807) is 11.0 Å². The maximum absolute atomic E-state index is 13.1. The third kappa shape index (κ3) is 4.88. The summed E-state index contributed by atoms with van der Waals surface area (Å²) in [7, 11) is 0. The standard InChI is InChI=1S/C30H31N3O3S/c1-19(2)22-9-11-26(12-10-22)33-20(3)15-25(21(33)4)16-27-29(35)32(30(36)37-27)18-28(34)31-14-13-23-7-5-6-8-24(23)17-31/h5-12,15-16,19H,13-14,17-18H2,1-4H3/b27-16-. The molecule has 3 aromatic rings. The smallest absolute Gasteiger partial charge is 0.294 e. The second kappa shape index (κ2) is 10.1. The number of nitrogens with zero attached hydrogens (tertiary/aromatic N) is 3. The molecular formula is C30H31N3O3S. The van der Waals surface area contributed by atoms with Gasteiger partial charge in [0.25, 0.3) is 11.1 Å². The number of amides is 3. The maximum atomic E-state index is 13.1. The van der Waals surface area contributed by atoms with Crippen LogP contribution in [-0.2, 0) is 22.6 Å². The zero-order valence-electron chi connectivity index (χ0n) is 21.7. The molecule has 1 aromatic heterocycles. The highest BCUT2D eigenvalue weighted by Gasteiger charge is 2.37. The highest BCUT2D eigenvalue weighted by atomic mass is 32.2. The second-order valence-corrected chi connectivity index (χ2v) is 11.0. The Hall–Kier alpha value is -3.58. The third-order valence-corrected chi connectivity index (χ3v) is 8.13. The summed E-state index contributed by atoms with van der Waals surface area (Å²) in [6.45, 7) is 9.25. The van der Waals surface area contributed by atoms with Gasteiger partial charge in [0.15, 0.2) is 0 Å². The highest BCUT2D eigenvalue weighted by molar-refractivity contribution is 8.18. The lowest BCUT2D eigenvalue weighted by atomic mass is 10.00. The summed E-state index contributed by atoms with van der Waals surface area (Å²) in [6.07, 6.45) is 2.55. The molecule has 0 bridgehead atoms. The van der Waals surface area contributed by atoms with Crippen molar-refractivity contribution in [1.82, 2.24) is 14.4 Å². The van der Waals surface area contributed by atoms with E-state index in [4.69, 9.17) is 0 Å². The van der Waals surface area contributed by atoms with Crippen molar-refractivity contribution in [2.24, 2.45) is 0 Å². The normalized spacial score (nSPS) is 16.7. The van der Waals surface area contributed by atoms with Gasteiger partial charge in [-0.1, -0.05) is 50.2 Å². The van der Waals surface area contributed by atoms with E-state index in [9.17, 15) is 14.4 Å². The summed E-state index contributed by atoms with van der Waals surface area (Å²) >= 11 is 0.897. The summed E-state index contributed by atoms with van der Waals surface area (Å²) in [5.41, 5.74) is 7.61. The topological polar surface area (TPSA) is 62.6 Å². The summed E-state index contributed by atoms with van der Waals surface area (Å²) < 4.78 is 2.15. The number of imide groups is 1. The average Bonchev–Trinajstić information content (AvgIpc) is 3.32. The Morgan fingerprint density at radius 3 is 2.43 bits per heavy atom. The van der Waals surface area contributed by atoms with E-state index in [0.717, 1.165) is 51.3 Å². The molecule has 0 spiro atoms. The van der Waals surface area contributed by atoms with Gasteiger partial charge in [0.2, 0.25) is 5.91 Å². The minimum Gasteiger partial charge on any atom is -0.336 e. The summed E-state index contributed by atoms with van der Waals surface area (Å²) in [4.78, 5) is 42.0. The predicted octanol–water partition coefficient (Wildman–Crippen LogP) is 5.84. The van der Waals surface area contributed by atoms with Crippen LogP contribution < -0.4 is 0 Å². The molecule has 1 saturated heterocycles. The van der Waals surface area contributed by atoms with Crippen LogP contribution in [0.2, 0.25) is 0 Å². The van der Waals surface area contributed by atoms with E-state index in [1.807, 2.05) is 38.1 Å². The van der Waals surface area contributed by atoms with Gasteiger partial charge < -0.3 is 9.47 Å². The van der Waals surface area contributed by atoms with Crippen molar-refractivity contribution < 1.29 is 14.4 Å². The van der Waals surface area contributed by atoms with Crippen LogP contribution >= 0.6 is 11.8 Å². The number of aryl methyl sites for hydroxylation is 1. The van der Waals surface area contributed by atoms with Crippen LogP contribution in [0.25, 0.3) is 11.8 Å². The van der Waals surface area contributed by atoms with E-state index >= 15 is 0 Å². The molecule has 2 aliphatic rings. The van der Waals surface area contributed by atoms with Crippen molar-refractivity contribution in [1.29, 1.82) is 0 Å². The first kappa shape index (κ1) is 25.1. The minimum atomic E-state index is -0.410. The van der Waals surface area contributed by atoms with Gasteiger partial charge >= 0.3 is 0 Å². The van der Waals surface area contributed by atoms with Gasteiger partial charge in [-0.3, -0.25) is 19.3 Å². The van der Waals surface area contributed by atoms with Crippen LogP contribution in [0.4, 0.5) is 4.79 Å². The van der Waals surface area contributed by atoms with Crippen molar-refractivity contribution in [3.8, 4) is 5.69 Å². The SMILES string of the molecule is Cc1cc(/C=C2\SC(=O)N(CC(=O)N3CCc4ccccc4C3)C2=O)c(C)n1-c1ccc(C(C)C)cc1. The van der Waals surface area contributed by atoms with E-state index in [-0.39, 0.29) is 12.5 Å². The Kier molecular flexibility index (Phi) is 6.82. The summed E-state index contributed by atoms with van der Waals surface area (Å²) in [5, 5.41) is -0.403. The Balaban J connectivity index is 1.32. The van der Waals surface area contributed by atoms with Gasteiger partial charge in [0, 0.05) is 30.2 Å². The molecule has 2 aromatic carbocycles. The molecule has 5 rings (SSSR count). The molecule has 0 radical (unpaired) electrons. The van der Waals surface area contributed by atoms with Crippen molar-refractivity contribution in [3.05, 3.63) is 93.1 Å².